The highest BCUT2D eigenvalue weighted by Crippen LogP contribution is 2.34. The van der Waals surface area contributed by atoms with Crippen molar-refractivity contribution in [1.29, 1.82) is 0 Å². The van der Waals surface area contributed by atoms with E-state index in [9.17, 15) is 15.0 Å². The highest BCUT2D eigenvalue weighted by Gasteiger charge is 2.09. The lowest BCUT2D eigenvalue weighted by atomic mass is 10.2. The van der Waals surface area contributed by atoms with E-state index in [1.165, 1.54) is 36.5 Å². The Morgan fingerprint density at radius 3 is 2.65 bits per heavy atom. The van der Waals surface area contributed by atoms with Crippen LogP contribution in [-0.2, 0) is 0 Å². The number of carbonyl (C=O) groups is 1. The van der Waals surface area contributed by atoms with Gasteiger partial charge >= 0.3 is 0 Å². The molecule has 0 aliphatic rings. The third kappa shape index (κ3) is 4.37. The van der Waals surface area contributed by atoms with Crippen molar-refractivity contribution in [2.75, 3.05) is 6.61 Å². The fraction of sp³-hybridized carbons (Fsp3) is 0.125. The molecule has 2 rings (SSSR count). The lowest BCUT2D eigenvalue weighted by Gasteiger charge is -2.08. The van der Waals surface area contributed by atoms with Crippen molar-refractivity contribution in [3.05, 3.63) is 52.5 Å². The standard InChI is InChI=1S/C16H15ClN2O4/c1-2-23-14-8-10(7-13(17)15(14)21)9-18-19-16(22)11-3-5-12(20)6-4-11/h3-9,20-21H,2H2,1H3,(H,19,22)/b18-9+. The summed E-state index contributed by atoms with van der Waals surface area (Å²) in [7, 11) is 0. The number of amides is 1. The molecule has 6 nitrogen and oxygen atoms in total. The molecular formula is C16H15ClN2O4. The van der Waals surface area contributed by atoms with Crippen LogP contribution in [0.15, 0.2) is 41.5 Å². The number of aromatic hydroxyl groups is 2. The van der Waals surface area contributed by atoms with Crippen LogP contribution >= 0.6 is 11.6 Å². The van der Waals surface area contributed by atoms with Crippen molar-refractivity contribution < 1.29 is 19.7 Å². The quantitative estimate of drug-likeness (QED) is 0.579. The molecule has 1 amide bonds. The van der Waals surface area contributed by atoms with Crippen LogP contribution in [0.25, 0.3) is 0 Å². The number of hydrogen-bond donors (Lipinski definition) is 3. The molecule has 0 atom stereocenters. The topological polar surface area (TPSA) is 91.2 Å². The molecular weight excluding hydrogens is 320 g/mol. The predicted octanol–water partition coefficient (Wildman–Crippen LogP) is 2.91. The van der Waals surface area contributed by atoms with E-state index in [2.05, 4.69) is 10.5 Å². The molecule has 0 aromatic heterocycles. The summed E-state index contributed by atoms with van der Waals surface area (Å²) in [6, 6.07) is 8.83. The van der Waals surface area contributed by atoms with Gasteiger partial charge in [-0.25, -0.2) is 5.43 Å². The van der Waals surface area contributed by atoms with Gasteiger partial charge in [0.15, 0.2) is 11.5 Å². The van der Waals surface area contributed by atoms with E-state index in [0.29, 0.717) is 17.7 Å². The van der Waals surface area contributed by atoms with Gasteiger partial charge in [-0.1, -0.05) is 11.6 Å². The van der Waals surface area contributed by atoms with Crippen LogP contribution in [0, 0.1) is 0 Å². The summed E-state index contributed by atoms with van der Waals surface area (Å²) >= 11 is 5.90. The van der Waals surface area contributed by atoms with Gasteiger partial charge in [0.1, 0.15) is 5.75 Å². The minimum atomic E-state index is -0.420. The maximum absolute atomic E-state index is 11.8. The maximum Gasteiger partial charge on any atom is 0.271 e. The first-order chi connectivity index (χ1) is 11.0. The fourth-order valence-electron chi connectivity index (χ4n) is 1.78. The first kappa shape index (κ1) is 16.6. The van der Waals surface area contributed by atoms with Gasteiger partial charge < -0.3 is 14.9 Å². The van der Waals surface area contributed by atoms with Crippen molar-refractivity contribution >= 4 is 23.7 Å². The lowest BCUT2D eigenvalue weighted by molar-refractivity contribution is 0.0955. The predicted molar refractivity (Wildman–Crippen MR) is 87.5 cm³/mol. The molecule has 0 fully saturated rings. The third-order valence-electron chi connectivity index (χ3n) is 2.86. The van der Waals surface area contributed by atoms with Crippen LogP contribution < -0.4 is 10.2 Å². The second-order valence-electron chi connectivity index (χ2n) is 4.53. The molecule has 120 valence electrons. The number of nitrogens with zero attached hydrogens (tertiary/aromatic N) is 1. The second kappa shape index (κ2) is 7.51. The third-order valence-corrected chi connectivity index (χ3v) is 3.15. The van der Waals surface area contributed by atoms with Crippen LogP contribution in [0.4, 0.5) is 0 Å². The highest BCUT2D eigenvalue weighted by molar-refractivity contribution is 6.32. The van der Waals surface area contributed by atoms with Gasteiger partial charge in [-0.15, -0.1) is 0 Å². The molecule has 3 N–H and O–H groups in total. The highest BCUT2D eigenvalue weighted by atomic mass is 35.5. The van der Waals surface area contributed by atoms with Crippen molar-refractivity contribution in [2.24, 2.45) is 5.10 Å². The van der Waals surface area contributed by atoms with E-state index in [1.54, 1.807) is 13.0 Å². The number of phenols is 2. The Labute approximate surface area is 138 Å². The van der Waals surface area contributed by atoms with Gasteiger partial charge in [0.05, 0.1) is 17.8 Å². The minimum Gasteiger partial charge on any atom is -0.508 e. The molecule has 0 spiro atoms. The van der Waals surface area contributed by atoms with Gasteiger partial charge in [0.2, 0.25) is 0 Å². The average Bonchev–Trinajstić information content (AvgIpc) is 2.53. The Morgan fingerprint density at radius 1 is 1.30 bits per heavy atom. The van der Waals surface area contributed by atoms with Crippen LogP contribution in [0.5, 0.6) is 17.2 Å². The van der Waals surface area contributed by atoms with Gasteiger partial charge in [-0.05, 0) is 48.9 Å². The van der Waals surface area contributed by atoms with Crippen LogP contribution in [0.2, 0.25) is 5.02 Å². The number of nitrogens with one attached hydrogen (secondary N) is 1. The van der Waals surface area contributed by atoms with Crippen molar-refractivity contribution in [3.63, 3.8) is 0 Å². The smallest absolute Gasteiger partial charge is 0.271 e. The zero-order chi connectivity index (χ0) is 16.8. The summed E-state index contributed by atoms with van der Waals surface area (Å²) in [6.07, 6.45) is 1.38. The summed E-state index contributed by atoms with van der Waals surface area (Å²) < 4.78 is 5.26. The Kier molecular flexibility index (Phi) is 5.43. The zero-order valence-electron chi connectivity index (χ0n) is 12.3. The number of hydrogen-bond acceptors (Lipinski definition) is 5. The summed E-state index contributed by atoms with van der Waals surface area (Å²) in [4.78, 5) is 11.8. The zero-order valence-corrected chi connectivity index (χ0v) is 13.0. The van der Waals surface area contributed by atoms with Gasteiger partial charge in [0.25, 0.3) is 5.91 Å². The Morgan fingerprint density at radius 2 is 2.00 bits per heavy atom. The number of carbonyl (C=O) groups excluding carboxylic acids is 1. The van der Waals surface area contributed by atoms with Gasteiger partial charge in [-0.2, -0.15) is 5.10 Å². The van der Waals surface area contributed by atoms with E-state index < -0.39 is 5.91 Å². The van der Waals surface area contributed by atoms with E-state index in [1.807, 2.05) is 0 Å². The number of ether oxygens (including phenoxy) is 1. The van der Waals surface area contributed by atoms with Crippen LogP contribution in [0.1, 0.15) is 22.8 Å². The number of rotatable bonds is 5. The first-order valence-electron chi connectivity index (χ1n) is 6.79. The average molecular weight is 335 g/mol. The van der Waals surface area contributed by atoms with Crippen molar-refractivity contribution in [1.82, 2.24) is 5.43 Å². The molecule has 7 heteroatoms. The van der Waals surface area contributed by atoms with E-state index in [-0.39, 0.29) is 22.3 Å². The second-order valence-corrected chi connectivity index (χ2v) is 4.94. The Bertz CT molecular complexity index is 730. The molecule has 0 bridgehead atoms. The largest absolute Gasteiger partial charge is 0.508 e. The molecule has 0 radical (unpaired) electrons. The van der Waals surface area contributed by atoms with Crippen molar-refractivity contribution in [3.8, 4) is 17.2 Å². The van der Waals surface area contributed by atoms with Gasteiger partial charge in [-0.3, -0.25) is 4.79 Å². The van der Waals surface area contributed by atoms with E-state index in [4.69, 9.17) is 16.3 Å². The van der Waals surface area contributed by atoms with Gasteiger partial charge in [0, 0.05) is 5.56 Å². The number of hydrazone groups is 1. The molecule has 0 unspecified atom stereocenters. The molecule has 0 aliphatic heterocycles. The molecule has 23 heavy (non-hydrogen) atoms. The number of phenolic OH excluding ortho intramolecular Hbond substituents is 2. The molecule has 2 aromatic rings. The van der Waals surface area contributed by atoms with E-state index in [0.717, 1.165) is 0 Å². The summed E-state index contributed by atoms with van der Waals surface area (Å²) in [5.74, 6) is -0.242. The summed E-state index contributed by atoms with van der Waals surface area (Å²) in [5.41, 5.74) is 3.27. The normalized spacial score (nSPS) is 10.7. The minimum absolute atomic E-state index is 0.0761. The SMILES string of the molecule is CCOc1cc(/C=N/NC(=O)c2ccc(O)cc2)cc(Cl)c1O. The Hall–Kier alpha value is -2.73. The fourth-order valence-corrected chi connectivity index (χ4v) is 2.00. The summed E-state index contributed by atoms with van der Waals surface area (Å²) in [5, 5.41) is 22.9. The number of halogens is 1. The monoisotopic (exact) mass is 334 g/mol. The Balaban J connectivity index is 2.08. The van der Waals surface area contributed by atoms with Crippen LogP contribution in [0.3, 0.4) is 0 Å². The first-order valence-corrected chi connectivity index (χ1v) is 7.16. The molecule has 2 aromatic carbocycles. The van der Waals surface area contributed by atoms with Crippen molar-refractivity contribution in [2.45, 2.75) is 6.92 Å². The molecule has 0 saturated heterocycles. The van der Waals surface area contributed by atoms with Crippen LogP contribution in [-0.4, -0.2) is 28.9 Å². The maximum atomic E-state index is 11.8. The van der Waals surface area contributed by atoms with E-state index >= 15 is 0 Å². The molecule has 0 aliphatic carbocycles. The molecule has 0 heterocycles. The number of benzene rings is 2. The summed E-state index contributed by atoms with van der Waals surface area (Å²) in [6.45, 7) is 2.16. The lowest BCUT2D eigenvalue weighted by Crippen LogP contribution is -2.17. The molecule has 0 saturated carbocycles.